The Morgan fingerprint density at radius 2 is 2.12 bits per heavy atom. The van der Waals surface area contributed by atoms with Crippen LogP contribution in [-0.2, 0) is 17.7 Å². The molecule has 3 rings (SSSR count). The van der Waals surface area contributed by atoms with Crippen LogP contribution in [-0.4, -0.2) is 31.7 Å². The van der Waals surface area contributed by atoms with Crippen molar-refractivity contribution in [1.29, 1.82) is 0 Å². The molecule has 7 nitrogen and oxygen atoms in total. The fourth-order valence-corrected chi connectivity index (χ4v) is 2.62. The number of esters is 1. The maximum Gasteiger partial charge on any atom is 0.345 e. The minimum atomic E-state index is -0.661. The molecule has 0 radical (unpaired) electrons. The number of halogens is 1. The van der Waals surface area contributed by atoms with Gasteiger partial charge in [0, 0.05) is 18.5 Å². The van der Waals surface area contributed by atoms with Crippen LogP contribution in [0.3, 0.4) is 0 Å². The zero-order valence-electron chi connectivity index (χ0n) is 13.9. The quantitative estimate of drug-likeness (QED) is 0.515. The molecule has 0 spiro atoms. The first-order valence-electron chi connectivity index (χ1n) is 7.93. The highest BCUT2D eigenvalue weighted by Gasteiger charge is 2.18. The molecule has 0 N–H and O–H groups in total. The first-order chi connectivity index (χ1) is 12.0. The molecular formula is C17H17ClN4O3. The van der Waals surface area contributed by atoms with Crippen molar-refractivity contribution in [2.75, 3.05) is 6.61 Å². The molecule has 3 aromatic rings. The molecule has 3 heterocycles. The molecule has 0 saturated carbocycles. The molecule has 0 aliphatic heterocycles. The lowest BCUT2D eigenvalue weighted by Crippen LogP contribution is -2.27. The summed E-state index contributed by atoms with van der Waals surface area (Å²) in [5.74, 6) is -0.661. The monoisotopic (exact) mass is 360 g/mol. The van der Waals surface area contributed by atoms with Gasteiger partial charge >= 0.3 is 5.97 Å². The van der Waals surface area contributed by atoms with Gasteiger partial charge in [0.2, 0.25) is 0 Å². The van der Waals surface area contributed by atoms with Crippen molar-refractivity contribution in [3.8, 4) is 0 Å². The molecular weight excluding hydrogens is 344 g/mol. The van der Waals surface area contributed by atoms with Crippen LogP contribution in [0, 0.1) is 0 Å². The fourth-order valence-electron chi connectivity index (χ4n) is 2.51. The van der Waals surface area contributed by atoms with Crippen molar-refractivity contribution >= 4 is 23.2 Å². The smallest absolute Gasteiger partial charge is 0.345 e. The molecule has 0 saturated heterocycles. The van der Waals surface area contributed by atoms with E-state index in [1.807, 2.05) is 19.1 Å². The van der Waals surface area contributed by atoms with E-state index < -0.39 is 11.5 Å². The van der Waals surface area contributed by atoms with Gasteiger partial charge in [-0.05, 0) is 25.0 Å². The Balaban J connectivity index is 2.16. The molecule has 130 valence electrons. The molecule has 0 amide bonds. The van der Waals surface area contributed by atoms with Gasteiger partial charge in [-0.2, -0.15) is 9.61 Å². The number of nitrogens with zero attached hydrogens (tertiary/aromatic N) is 4. The molecule has 0 aliphatic carbocycles. The van der Waals surface area contributed by atoms with Crippen LogP contribution in [0.2, 0.25) is 5.15 Å². The Labute approximate surface area is 148 Å². The second kappa shape index (κ2) is 7.06. The summed E-state index contributed by atoms with van der Waals surface area (Å²) in [6, 6.07) is 5.36. The van der Waals surface area contributed by atoms with Gasteiger partial charge in [0.1, 0.15) is 16.4 Å². The zero-order valence-corrected chi connectivity index (χ0v) is 14.7. The topological polar surface area (TPSA) is 78.5 Å². The van der Waals surface area contributed by atoms with Crippen molar-refractivity contribution in [3.63, 3.8) is 0 Å². The summed E-state index contributed by atoms with van der Waals surface area (Å²) in [6.07, 6.45) is 3.84. The molecule has 0 atom stereocenters. The first kappa shape index (κ1) is 17.2. The van der Waals surface area contributed by atoms with Crippen LogP contribution in [0.5, 0.6) is 0 Å². The Kier molecular flexibility index (Phi) is 4.85. The number of ether oxygens (including phenoxy) is 1. The van der Waals surface area contributed by atoms with Crippen LogP contribution in [0.25, 0.3) is 5.65 Å². The van der Waals surface area contributed by atoms with E-state index in [2.05, 4.69) is 10.1 Å². The van der Waals surface area contributed by atoms with Gasteiger partial charge in [0.25, 0.3) is 5.56 Å². The molecule has 0 unspecified atom stereocenters. The lowest BCUT2D eigenvalue weighted by atomic mass is 10.2. The number of carbonyl (C=O) groups is 1. The minimum absolute atomic E-state index is 0.0537. The number of carbonyl (C=O) groups excluding carboxylic acids is 1. The number of fused-ring (bicyclic) bond motifs is 1. The first-order valence-corrected chi connectivity index (χ1v) is 8.31. The van der Waals surface area contributed by atoms with Crippen molar-refractivity contribution in [1.82, 2.24) is 19.2 Å². The highest BCUT2D eigenvalue weighted by molar-refractivity contribution is 6.29. The number of aromatic nitrogens is 4. The van der Waals surface area contributed by atoms with E-state index >= 15 is 0 Å². The van der Waals surface area contributed by atoms with Crippen LogP contribution in [0.15, 0.2) is 35.4 Å². The second-order valence-corrected chi connectivity index (χ2v) is 5.83. The fraction of sp³-hybridized carbons (Fsp3) is 0.294. The number of hydrogen-bond acceptors (Lipinski definition) is 5. The summed E-state index contributed by atoms with van der Waals surface area (Å²) in [5, 5.41) is 4.69. The average molecular weight is 361 g/mol. The predicted octanol–water partition coefficient (Wildman–Crippen LogP) is 2.33. The summed E-state index contributed by atoms with van der Waals surface area (Å²) in [6.45, 7) is 4.25. The second-order valence-electron chi connectivity index (χ2n) is 5.44. The molecule has 0 fully saturated rings. The summed E-state index contributed by atoms with van der Waals surface area (Å²) in [4.78, 5) is 28.8. The SMILES string of the molecule is CCOC(=O)c1cn(Cc2ccc(Cl)nc2)c2cc(CC)nn2c1=O. The van der Waals surface area contributed by atoms with Crippen LogP contribution >= 0.6 is 11.6 Å². The lowest BCUT2D eigenvalue weighted by molar-refractivity contribution is 0.0523. The van der Waals surface area contributed by atoms with Gasteiger partial charge < -0.3 is 9.30 Å². The maximum atomic E-state index is 12.6. The van der Waals surface area contributed by atoms with Gasteiger partial charge in [-0.1, -0.05) is 24.6 Å². The van der Waals surface area contributed by atoms with E-state index in [1.54, 1.807) is 23.8 Å². The van der Waals surface area contributed by atoms with Crippen LogP contribution < -0.4 is 5.56 Å². The number of pyridine rings is 1. The highest BCUT2D eigenvalue weighted by atomic mass is 35.5. The van der Waals surface area contributed by atoms with Crippen molar-refractivity contribution in [2.24, 2.45) is 0 Å². The third kappa shape index (κ3) is 3.41. The Morgan fingerprint density at radius 3 is 2.76 bits per heavy atom. The van der Waals surface area contributed by atoms with E-state index in [1.165, 1.54) is 10.7 Å². The average Bonchev–Trinajstić information content (AvgIpc) is 3.04. The third-order valence-electron chi connectivity index (χ3n) is 3.74. The molecule has 0 aliphatic rings. The summed E-state index contributed by atoms with van der Waals surface area (Å²) < 4.78 is 8.02. The number of aryl methyl sites for hydroxylation is 1. The third-order valence-corrected chi connectivity index (χ3v) is 3.97. The van der Waals surface area contributed by atoms with Gasteiger partial charge in [-0.25, -0.2) is 9.78 Å². The van der Waals surface area contributed by atoms with Gasteiger partial charge in [-0.3, -0.25) is 4.79 Å². The molecule has 8 heteroatoms. The maximum absolute atomic E-state index is 12.6. The van der Waals surface area contributed by atoms with E-state index in [0.717, 1.165) is 11.3 Å². The lowest BCUT2D eigenvalue weighted by Gasteiger charge is -2.11. The van der Waals surface area contributed by atoms with E-state index in [9.17, 15) is 9.59 Å². The van der Waals surface area contributed by atoms with E-state index in [0.29, 0.717) is 23.8 Å². The van der Waals surface area contributed by atoms with Crippen molar-refractivity contribution in [2.45, 2.75) is 26.8 Å². The number of hydrogen-bond donors (Lipinski definition) is 0. The Hall–Kier alpha value is -2.67. The van der Waals surface area contributed by atoms with Crippen LogP contribution in [0.1, 0.15) is 35.5 Å². The summed E-state index contributed by atoms with van der Waals surface area (Å²) >= 11 is 5.82. The van der Waals surface area contributed by atoms with E-state index in [4.69, 9.17) is 16.3 Å². The number of rotatable bonds is 5. The highest BCUT2D eigenvalue weighted by Crippen LogP contribution is 2.12. The Bertz CT molecular complexity index is 976. The normalized spacial score (nSPS) is 11.0. The molecule has 25 heavy (non-hydrogen) atoms. The summed E-state index contributed by atoms with van der Waals surface area (Å²) in [7, 11) is 0. The Morgan fingerprint density at radius 1 is 1.32 bits per heavy atom. The predicted molar refractivity (Wildman–Crippen MR) is 93.1 cm³/mol. The standard InChI is InChI=1S/C17H17ClN4O3/c1-3-12-7-15-21(9-11-5-6-14(18)19-8-11)10-13(17(24)25-4-2)16(23)22(15)20-12/h5-8,10H,3-4,9H2,1-2H3. The minimum Gasteiger partial charge on any atom is -0.462 e. The van der Waals surface area contributed by atoms with Gasteiger partial charge in [0.15, 0.2) is 0 Å². The largest absolute Gasteiger partial charge is 0.462 e. The molecule has 0 aromatic carbocycles. The zero-order chi connectivity index (χ0) is 18.0. The van der Waals surface area contributed by atoms with Crippen molar-refractivity contribution < 1.29 is 9.53 Å². The molecule has 3 aromatic heterocycles. The van der Waals surface area contributed by atoms with E-state index in [-0.39, 0.29) is 12.2 Å². The van der Waals surface area contributed by atoms with Gasteiger partial charge in [0.05, 0.1) is 18.8 Å². The van der Waals surface area contributed by atoms with Gasteiger partial charge in [-0.15, -0.1) is 0 Å². The van der Waals surface area contributed by atoms with Crippen molar-refractivity contribution in [3.05, 3.63) is 62.9 Å². The van der Waals surface area contributed by atoms with Crippen LogP contribution in [0.4, 0.5) is 0 Å². The molecule has 0 bridgehead atoms. The summed E-state index contributed by atoms with van der Waals surface area (Å²) in [5.41, 5.74) is 1.70.